The molecule has 1 atom stereocenters. The zero-order valence-electron chi connectivity index (χ0n) is 17.9. The summed E-state index contributed by atoms with van der Waals surface area (Å²) in [6.07, 6.45) is 0.441. The molecule has 6 nitrogen and oxygen atoms in total. The summed E-state index contributed by atoms with van der Waals surface area (Å²) in [5.74, 6) is -0.0123. The van der Waals surface area contributed by atoms with Crippen molar-refractivity contribution in [1.29, 1.82) is 0 Å². The first-order valence-electron chi connectivity index (χ1n) is 10.6. The van der Waals surface area contributed by atoms with Crippen molar-refractivity contribution < 1.29 is 19.4 Å². The van der Waals surface area contributed by atoms with Gasteiger partial charge in [0, 0.05) is 19.7 Å². The van der Waals surface area contributed by atoms with E-state index in [1.165, 1.54) is 0 Å². The van der Waals surface area contributed by atoms with Gasteiger partial charge in [-0.2, -0.15) is 0 Å². The monoisotopic (exact) mass is 432 g/mol. The summed E-state index contributed by atoms with van der Waals surface area (Å²) >= 11 is 0. The fourth-order valence-electron chi connectivity index (χ4n) is 3.34. The first-order chi connectivity index (χ1) is 15.7. The van der Waals surface area contributed by atoms with Crippen LogP contribution in [0.3, 0.4) is 0 Å². The molecule has 0 spiro atoms. The Morgan fingerprint density at radius 2 is 1.47 bits per heavy atom. The van der Waals surface area contributed by atoms with Gasteiger partial charge in [0.25, 0.3) is 5.91 Å². The largest absolute Gasteiger partial charge is 0.484 e. The van der Waals surface area contributed by atoms with Gasteiger partial charge in [-0.25, -0.2) is 0 Å². The van der Waals surface area contributed by atoms with Crippen molar-refractivity contribution in [3.63, 3.8) is 0 Å². The minimum Gasteiger partial charge on any atom is -0.484 e. The van der Waals surface area contributed by atoms with Crippen LogP contribution in [-0.4, -0.2) is 41.6 Å². The van der Waals surface area contributed by atoms with Crippen molar-refractivity contribution in [3.05, 3.63) is 102 Å². The summed E-state index contributed by atoms with van der Waals surface area (Å²) in [5.41, 5.74) is 1.61. The number of rotatable bonds is 11. The van der Waals surface area contributed by atoms with Crippen molar-refractivity contribution in [3.8, 4) is 5.75 Å². The Morgan fingerprint density at radius 3 is 2.09 bits per heavy atom. The molecule has 0 bridgehead atoms. The molecular formula is C26H28N2O4. The lowest BCUT2D eigenvalue weighted by Gasteiger charge is -2.31. The van der Waals surface area contributed by atoms with E-state index in [2.05, 4.69) is 5.32 Å². The Labute approximate surface area is 188 Å². The van der Waals surface area contributed by atoms with E-state index in [0.717, 1.165) is 5.56 Å². The van der Waals surface area contributed by atoms with Crippen LogP contribution in [-0.2, 0) is 16.1 Å². The van der Waals surface area contributed by atoms with E-state index in [1.807, 2.05) is 78.9 Å². The van der Waals surface area contributed by atoms with Crippen LogP contribution in [0, 0.1) is 0 Å². The molecule has 0 fully saturated rings. The molecule has 2 amide bonds. The summed E-state index contributed by atoms with van der Waals surface area (Å²) < 4.78 is 5.69. The highest BCUT2D eigenvalue weighted by Crippen LogP contribution is 2.24. The predicted octanol–water partition coefficient (Wildman–Crippen LogP) is 3.33. The summed E-state index contributed by atoms with van der Waals surface area (Å²) in [4.78, 5) is 28.1. The Balaban J connectivity index is 1.88. The third kappa shape index (κ3) is 6.68. The number of hydrogen-bond donors (Lipinski definition) is 2. The highest BCUT2D eigenvalue weighted by atomic mass is 16.5. The zero-order valence-corrected chi connectivity index (χ0v) is 17.9. The molecule has 0 saturated carbocycles. The van der Waals surface area contributed by atoms with Crippen LogP contribution >= 0.6 is 0 Å². The predicted molar refractivity (Wildman–Crippen MR) is 123 cm³/mol. The number of para-hydroxylation sites is 1. The lowest BCUT2D eigenvalue weighted by molar-refractivity contribution is -0.143. The maximum Gasteiger partial charge on any atom is 0.261 e. The van der Waals surface area contributed by atoms with Crippen LogP contribution < -0.4 is 10.1 Å². The lowest BCUT2D eigenvalue weighted by Crippen LogP contribution is -2.45. The molecule has 0 aliphatic carbocycles. The molecule has 166 valence electrons. The minimum absolute atomic E-state index is 0.0200. The zero-order chi connectivity index (χ0) is 22.6. The summed E-state index contributed by atoms with van der Waals surface area (Å²) in [7, 11) is 0. The standard InChI is InChI=1S/C26H28N2O4/c29-18-10-17-27-26(31)25(22-13-6-2-7-14-22)28(19-21-11-4-1-5-12-21)24(30)20-32-23-15-8-3-9-16-23/h1-9,11-16,25,29H,10,17-20H2,(H,27,31)/t25-/m0/s1. The molecule has 0 aliphatic heterocycles. The molecule has 0 heterocycles. The first kappa shape index (κ1) is 23.0. The van der Waals surface area contributed by atoms with Crippen molar-refractivity contribution in [2.45, 2.75) is 19.0 Å². The molecule has 0 aliphatic rings. The fourth-order valence-corrected chi connectivity index (χ4v) is 3.34. The molecule has 2 N–H and O–H groups in total. The van der Waals surface area contributed by atoms with Gasteiger partial charge in [0.1, 0.15) is 11.8 Å². The van der Waals surface area contributed by atoms with Crippen molar-refractivity contribution in [1.82, 2.24) is 10.2 Å². The summed E-state index contributed by atoms with van der Waals surface area (Å²) in [6, 6.07) is 27.0. The Bertz CT molecular complexity index is 965. The maximum atomic E-state index is 13.4. The molecule has 0 unspecified atom stereocenters. The number of aliphatic hydroxyl groups excluding tert-OH is 1. The van der Waals surface area contributed by atoms with Crippen LogP contribution in [0.5, 0.6) is 5.75 Å². The molecular weight excluding hydrogens is 404 g/mol. The molecule has 32 heavy (non-hydrogen) atoms. The number of amides is 2. The van der Waals surface area contributed by atoms with E-state index < -0.39 is 6.04 Å². The number of aliphatic hydroxyl groups is 1. The van der Waals surface area contributed by atoms with Gasteiger partial charge in [-0.15, -0.1) is 0 Å². The average Bonchev–Trinajstić information content (AvgIpc) is 2.84. The Kier molecular flexibility index (Phi) is 8.83. The molecule has 3 aromatic rings. The van der Waals surface area contributed by atoms with E-state index in [-0.39, 0.29) is 31.6 Å². The van der Waals surface area contributed by atoms with Gasteiger partial charge in [0.2, 0.25) is 5.91 Å². The summed E-state index contributed by atoms with van der Waals surface area (Å²) in [6.45, 7) is 0.370. The first-order valence-corrected chi connectivity index (χ1v) is 10.6. The third-order valence-electron chi connectivity index (χ3n) is 4.93. The fraction of sp³-hybridized carbons (Fsp3) is 0.231. The maximum absolute atomic E-state index is 13.4. The minimum atomic E-state index is -0.832. The van der Waals surface area contributed by atoms with Crippen LogP contribution in [0.4, 0.5) is 0 Å². The number of hydrogen-bond acceptors (Lipinski definition) is 4. The van der Waals surface area contributed by atoms with Gasteiger partial charge < -0.3 is 20.1 Å². The quantitative estimate of drug-likeness (QED) is 0.456. The number of nitrogens with one attached hydrogen (secondary N) is 1. The average molecular weight is 433 g/mol. The Morgan fingerprint density at radius 1 is 0.875 bits per heavy atom. The highest BCUT2D eigenvalue weighted by Gasteiger charge is 2.31. The number of carbonyl (C=O) groups excluding carboxylic acids is 2. The second-order valence-electron chi connectivity index (χ2n) is 7.29. The van der Waals surface area contributed by atoms with E-state index in [9.17, 15) is 9.59 Å². The normalized spacial score (nSPS) is 11.4. The third-order valence-corrected chi connectivity index (χ3v) is 4.93. The highest BCUT2D eigenvalue weighted by molar-refractivity contribution is 5.89. The van der Waals surface area contributed by atoms with Gasteiger partial charge in [0.15, 0.2) is 6.61 Å². The second kappa shape index (κ2) is 12.3. The van der Waals surface area contributed by atoms with Gasteiger partial charge in [-0.05, 0) is 29.7 Å². The smallest absolute Gasteiger partial charge is 0.261 e. The van der Waals surface area contributed by atoms with Gasteiger partial charge in [-0.1, -0.05) is 78.9 Å². The van der Waals surface area contributed by atoms with E-state index >= 15 is 0 Å². The molecule has 3 rings (SSSR count). The van der Waals surface area contributed by atoms with Crippen molar-refractivity contribution >= 4 is 11.8 Å². The number of ether oxygens (including phenoxy) is 1. The molecule has 3 aromatic carbocycles. The van der Waals surface area contributed by atoms with Crippen molar-refractivity contribution in [2.75, 3.05) is 19.8 Å². The SMILES string of the molecule is O=C(NCCCO)[C@H](c1ccccc1)N(Cc1ccccc1)C(=O)COc1ccccc1. The number of nitrogens with zero attached hydrogens (tertiary/aromatic N) is 1. The summed E-state index contributed by atoms with van der Waals surface area (Å²) in [5, 5.41) is 11.9. The molecule has 0 radical (unpaired) electrons. The van der Waals surface area contributed by atoms with Gasteiger partial charge in [-0.3, -0.25) is 9.59 Å². The van der Waals surface area contributed by atoms with Crippen LogP contribution in [0.2, 0.25) is 0 Å². The van der Waals surface area contributed by atoms with E-state index in [4.69, 9.17) is 9.84 Å². The van der Waals surface area contributed by atoms with Crippen LogP contribution in [0.1, 0.15) is 23.6 Å². The van der Waals surface area contributed by atoms with E-state index in [1.54, 1.807) is 17.0 Å². The number of carbonyl (C=O) groups is 2. The van der Waals surface area contributed by atoms with E-state index in [0.29, 0.717) is 24.3 Å². The molecule has 6 heteroatoms. The van der Waals surface area contributed by atoms with Crippen molar-refractivity contribution in [2.24, 2.45) is 0 Å². The number of benzene rings is 3. The van der Waals surface area contributed by atoms with Gasteiger partial charge >= 0.3 is 0 Å². The lowest BCUT2D eigenvalue weighted by atomic mass is 10.0. The second-order valence-corrected chi connectivity index (χ2v) is 7.29. The molecule has 0 aromatic heterocycles. The van der Waals surface area contributed by atoms with Gasteiger partial charge in [0.05, 0.1) is 0 Å². The van der Waals surface area contributed by atoms with Crippen LogP contribution in [0.15, 0.2) is 91.0 Å². The topological polar surface area (TPSA) is 78.9 Å². The van der Waals surface area contributed by atoms with Crippen LogP contribution in [0.25, 0.3) is 0 Å². The molecule has 0 saturated heterocycles. The Hall–Kier alpha value is -3.64.